The first kappa shape index (κ1) is 18.9. The molecule has 1 N–H and O–H groups in total. The van der Waals surface area contributed by atoms with Crippen molar-refractivity contribution in [2.24, 2.45) is 0 Å². The number of nitrogens with zero attached hydrogens (tertiary/aromatic N) is 2. The summed E-state index contributed by atoms with van der Waals surface area (Å²) in [5.74, 6) is 0.975. The number of hydrogen-bond donors (Lipinski definition) is 1. The molecule has 1 aromatic heterocycles. The fraction of sp³-hybridized carbons (Fsp3) is 0.412. The lowest BCUT2D eigenvalue weighted by molar-refractivity contribution is -0.384. The van der Waals surface area contributed by atoms with Crippen LogP contribution in [0.2, 0.25) is 5.02 Å². The predicted octanol–water partition coefficient (Wildman–Crippen LogP) is 4.41. The Hall–Kier alpha value is -2.41. The molecule has 0 bridgehead atoms. The number of nitrogens with one attached hydrogen (secondary N) is 1. The number of halogens is 1. The van der Waals surface area contributed by atoms with Gasteiger partial charge in [0.05, 0.1) is 21.3 Å². The Bertz CT molecular complexity index is 809. The van der Waals surface area contributed by atoms with Crippen molar-refractivity contribution in [2.75, 3.05) is 5.32 Å². The number of benzene rings is 1. The Balaban J connectivity index is 2.03. The van der Waals surface area contributed by atoms with Crippen LogP contribution in [-0.2, 0) is 16.6 Å². The van der Waals surface area contributed by atoms with Gasteiger partial charge < -0.3 is 9.73 Å². The van der Waals surface area contributed by atoms with E-state index < -0.39 is 4.92 Å². The van der Waals surface area contributed by atoms with Crippen molar-refractivity contribution < 1.29 is 14.1 Å². The molecular weight excluding hydrogens is 346 g/mol. The maximum absolute atomic E-state index is 12.1. The first-order valence-electron chi connectivity index (χ1n) is 7.78. The predicted molar refractivity (Wildman–Crippen MR) is 95.0 cm³/mol. The first-order chi connectivity index (χ1) is 11.6. The van der Waals surface area contributed by atoms with Crippen LogP contribution in [0.1, 0.15) is 44.5 Å². The Kier molecular flexibility index (Phi) is 5.47. The number of aromatic nitrogens is 1. The number of aryl methyl sites for hydroxylation is 2. The maximum Gasteiger partial charge on any atom is 0.271 e. The van der Waals surface area contributed by atoms with Crippen LogP contribution in [0.15, 0.2) is 22.6 Å². The highest BCUT2D eigenvalue weighted by Gasteiger charge is 2.22. The van der Waals surface area contributed by atoms with E-state index in [-0.39, 0.29) is 34.1 Å². The number of carbonyl (C=O) groups is 1. The molecule has 134 valence electrons. The number of anilines is 1. The molecule has 7 nitrogen and oxygen atoms in total. The Morgan fingerprint density at radius 2 is 2.08 bits per heavy atom. The van der Waals surface area contributed by atoms with Gasteiger partial charge in [-0.05, 0) is 13.0 Å². The summed E-state index contributed by atoms with van der Waals surface area (Å²) in [4.78, 5) is 26.8. The Morgan fingerprint density at radius 1 is 1.40 bits per heavy atom. The quantitative estimate of drug-likeness (QED) is 0.624. The second-order valence-electron chi connectivity index (χ2n) is 6.75. The van der Waals surface area contributed by atoms with Gasteiger partial charge in [0, 0.05) is 30.4 Å². The average molecular weight is 366 g/mol. The summed E-state index contributed by atoms with van der Waals surface area (Å²) in [7, 11) is 0. The summed E-state index contributed by atoms with van der Waals surface area (Å²) in [5.41, 5.74) is 0.624. The van der Waals surface area contributed by atoms with E-state index in [0.717, 1.165) is 5.69 Å². The van der Waals surface area contributed by atoms with Gasteiger partial charge in [0.25, 0.3) is 5.69 Å². The van der Waals surface area contributed by atoms with Crippen LogP contribution in [0.3, 0.4) is 0 Å². The third kappa shape index (κ3) is 4.79. The van der Waals surface area contributed by atoms with Gasteiger partial charge >= 0.3 is 0 Å². The molecule has 0 saturated carbocycles. The lowest BCUT2D eigenvalue weighted by Crippen LogP contribution is -2.13. The Morgan fingerprint density at radius 3 is 2.64 bits per heavy atom. The van der Waals surface area contributed by atoms with Gasteiger partial charge in [-0.15, -0.1) is 0 Å². The van der Waals surface area contributed by atoms with Crippen LogP contribution in [-0.4, -0.2) is 15.8 Å². The molecule has 1 amide bonds. The van der Waals surface area contributed by atoms with Crippen molar-refractivity contribution in [3.8, 4) is 0 Å². The van der Waals surface area contributed by atoms with E-state index in [2.05, 4.69) is 10.3 Å². The van der Waals surface area contributed by atoms with Crippen LogP contribution in [0.25, 0.3) is 0 Å². The summed E-state index contributed by atoms with van der Waals surface area (Å²) < 4.78 is 5.75. The van der Waals surface area contributed by atoms with Gasteiger partial charge in [-0.2, -0.15) is 0 Å². The minimum absolute atomic E-state index is 0.138. The highest BCUT2D eigenvalue weighted by molar-refractivity contribution is 6.33. The molecule has 0 unspecified atom stereocenters. The SMILES string of the molecule is Cc1nc(C(C)(C)C)oc1CCC(=O)Nc1cc([N+](=O)[O-])ccc1Cl. The second-order valence-corrected chi connectivity index (χ2v) is 7.15. The maximum atomic E-state index is 12.1. The second kappa shape index (κ2) is 7.23. The van der Waals surface area contributed by atoms with Crippen molar-refractivity contribution in [1.82, 2.24) is 4.98 Å². The van der Waals surface area contributed by atoms with Gasteiger partial charge in [-0.1, -0.05) is 32.4 Å². The first-order valence-corrected chi connectivity index (χ1v) is 8.16. The molecule has 0 aliphatic carbocycles. The normalized spacial score (nSPS) is 11.4. The van der Waals surface area contributed by atoms with Crippen LogP contribution in [0, 0.1) is 17.0 Å². The molecule has 2 aromatic rings. The molecule has 1 aromatic carbocycles. The fourth-order valence-electron chi connectivity index (χ4n) is 2.14. The number of non-ortho nitro benzene ring substituents is 1. The molecule has 0 saturated heterocycles. The zero-order valence-electron chi connectivity index (χ0n) is 14.6. The molecule has 0 fully saturated rings. The van der Waals surface area contributed by atoms with E-state index in [1.54, 1.807) is 0 Å². The number of nitro benzene ring substituents is 1. The molecular formula is C17H20ClN3O4. The van der Waals surface area contributed by atoms with Crippen LogP contribution < -0.4 is 5.32 Å². The van der Waals surface area contributed by atoms with Gasteiger partial charge in [0.1, 0.15) is 5.76 Å². The number of rotatable bonds is 5. The molecule has 0 spiro atoms. The van der Waals surface area contributed by atoms with E-state index in [9.17, 15) is 14.9 Å². The van der Waals surface area contributed by atoms with Crippen LogP contribution >= 0.6 is 11.6 Å². The van der Waals surface area contributed by atoms with E-state index in [1.165, 1.54) is 18.2 Å². The molecule has 25 heavy (non-hydrogen) atoms. The third-order valence-electron chi connectivity index (χ3n) is 3.55. The van der Waals surface area contributed by atoms with Gasteiger partial charge in [-0.25, -0.2) is 4.98 Å². The number of carbonyl (C=O) groups excluding carboxylic acids is 1. The summed E-state index contributed by atoms with van der Waals surface area (Å²) in [5, 5.41) is 13.6. The molecule has 1 heterocycles. The highest BCUT2D eigenvalue weighted by Crippen LogP contribution is 2.27. The monoisotopic (exact) mass is 365 g/mol. The van der Waals surface area contributed by atoms with Crippen LogP contribution in [0.4, 0.5) is 11.4 Å². The molecule has 0 aliphatic heterocycles. The zero-order valence-corrected chi connectivity index (χ0v) is 15.3. The minimum atomic E-state index is -0.544. The molecule has 0 radical (unpaired) electrons. The molecule has 8 heteroatoms. The molecule has 2 rings (SSSR count). The van der Waals surface area contributed by atoms with Crippen molar-refractivity contribution in [2.45, 2.75) is 46.0 Å². The molecule has 0 atom stereocenters. The lowest BCUT2D eigenvalue weighted by Gasteiger charge is -2.12. The third-order valence-corrected chi connectivity index (χ3v) is 3.88. The number of nitro groups is 1. The fourth-order valence-corrected chi connectivity index (χ4v) is 2.31. The van der Waals surface area contributed by atoms with Crippen molar-refractivity contribution in [3.63, 3.8) is 0 Å². The zero-order chi connectivity index (χ0) is 18.8. The summed E-state index contributed by atoms with van der Waals surface area (Å²) >= 11 is 5.98. The van der Waals surface area contributed by atoms with Crippen molar-refractivity contribution in [3.05, 3.63) is 50.7 Å². The van der Waals surface area contributed by atoms with E-state index >= 15 is 0 Å². The lowest BCUT2D eigenvalue weighted by atomic mass is 9.97. The van der Waals surface area contributed by atoms with E-state index in [0.29, 0.717) is 18.1 Å². The van der Waals surface area contributed by atoms with Gasteiger partial charge in [-0.3, -0.25) is 14.9 Å². The summed E-state index contributed by atoms with van der Waals surface area (Å²) in [6.45, 7) is 7.83. The minimum Gasteiger partial charge on any atom is -0.445 e. The largest absolute Gasteiger partial charge is 0.445 e. The highest BCUT2D eigenvalue weighted by atomic mass is 35.5. The number of hydrogen-bond acceptors (Lipinski definition) is 5. The van der Waals surface area contributed by atoms with Gasteiger partial charge in [0.15, 0.2) is 5.89 Å². The van der Waals surface area contributed by atoms with Crippen molar-refractivity contribution in [1.29, 1.82) is 0 Å². The van der Waals surface area contributed by atoms with Crippen LogP contribution in [0.5, 0.6) is 0 Å². The smallest absolute Gasteiger partial charge is 0.271 e. The molecule has 0 aliphatic rings. The summed E-state index contributed by atoms with van der Waals surface area (Å²) in [6.07, 6.45) is 0.534. The topological polar surface area (TPSA) is 98.3 Å². The Labute approximate surface area is 150 Å². The standard InChI is InChI=1S/C17H20ClN3O4/c1-10-14(25-16(19-10)17(2,3)4)7-8-15(22)20-13-9-11(21(23)24)5-6-12(13)18/h5-6,9H,7-8H2,1-4H3,(H,20,22). The van der Waals surface area contributed by atoms with Crippen molar-refractivity contribution >= 4 is 28.9 Å². The van der Waals surface area contributed by atoms with E-state index in [4.69, 9.17) is 16.0 Å². The van der Waals surface area contributed by atoms with Gasteiger partial charge in [0.2, 0.25) is 5.91 Å². The van der Waals surface area contributed by atoms with E-state index in [1.807, 2.05) is 27.7 Å². The number of oxazole rings is 1. The number of amides is 1. The average Bonchev–Trinajstić information content (AvgIpc) is 2.88. The summed E-state index contributed by atoms with van der Waals surface area (Å²) in [6, 6.07) is 3.90.